The number of ether oxygens (including phenoxy) is 1. The molecule has 0 spiro atoms. The highest BCUT2D eigenvalue weighted by atomic mass is 16.6. The Kier molecular flexibility index (Phi) is 3.29. The summed E-state index contributed by atoms with van der Waals surface area (Å²) in [5, 5.41) is 20.2. The Morgan fingerprint density at radius 2 is 2.18 bits per heavy atom. The van der Waals surface area contributed by atoms with Crippen molar-refractivity contribution in [1.82, 2.24) is 5.01 Å². The molecule has 0 N–H and O–H groups in total. The Hall–Kier alpha value is -2.02. The summed E-state index contributed by atoms with van der Waals surface area (Å²) in [5.41, 5.74) is 0.622. The van der Waals surface area contributed by atoms with E-state index in [4.69, 9.17) is 4.74 Å². The van der Waals surface area contributed by atoms with Crippen molar-refractivity contribution in [3.8, 4) is 0 Å². The Bertz CT molecular complexity index is 432. The van der Waals surface area contributed by atoms with Crippen LogP contribution in [-0.4, -0.2) is 29.3 Å². The van der Waals surface area contributed by atoms with Gasteiger partial charge in [0.2, 0.25) is 0 Å². The van der Waals surface area contributed by atoms with Gasteiger partial charge in [0.25, 0.3) is 5.69 Å². The van der Waals surface area contributed by atoms with Crippen molar-refractivity contribution < 1.29 is 9.66 Å². The molecule has 90 valence electrons. The Morgan fingerprint density at radius 1 is 1.47 bits per heavy atom. The fourth-order valence-electron chi connectivity index (χ4n) is 1.45. The van der Waals surface area contributed by atoms with Gasteiger partial charge in [-0.25, -0.2) is 5.01 Å². The normalized spacial score (nSPS) is 20.1. The summed E-state index contributed by atoms with van der Waals surface area (Å²) in [5.74, 6) is 0. The number of non-ortho nitro benzene ring substituents is 1. The standard InChI is InChI=1S/C10H12N4O3/c1-8-13(6-7-17-8)12-11-9-2-4-10(5-3-9)14(15)16/h2-5,8H,6-7H2,1H3. The third kappa shape index (κ3) is 2.76. The zero-order valence-electron chi connectivity index (χ0n) is 9.31. The minimum Gasteiger partial charge on any atom is -0.355 e. The van der Waals surface area contributed by atoms with Crippen LogP contribution >= 0.6 is 0 Å². The highest BCUT2D eigenvalue weighted by Crippen LogP contribution is 2.19. The molecule has 1 aromatic rings. The zero-order valence-corrected chi connectivity index (χ0v) is 9.31. The van der Waals surface area contributed by atoms with Crippen molar-refractivity contribution in [3.05, 3.63) is 34.4 Å². The van der Waals surface area contributed by atoms with Crippen molar-refractivity contribution in [2.24, 2.45) is 10.3 Å². The molecule has 1 aliphatic rings. The van der Waals surface area contributed by atoms with Crippen molar-refractivity contribution in [3.63, 3.8) is 0 Å². The van der Waals surface area contributed by atoms with Crippen LogP contribution in [0.5, 0.6) is 0 Å². The van der Waals surface area contributed by atoms with Gasteiger partial charge in [0.05, 0.1) is 23.8 Å². The fourth-order valence-corrected chi connectivity index (χ4v) is 1.45. The molecule has 17 heavy (non-hydrogen) atoms. The molecule has 0 bridgehead atoms. The van der Waals surface area contributed by atoms with Gasteiger partial charge >= 0.3 is 0 Å². The third-order valence-electron chi connectivity index (χ3n) is 2.43. The van der Waals surface area contributed by atoms with E-state index in [1.807, 2.05) is 6.92 Å². The molecule has 1 unspecified atom stereocenters. The second-order valence-electron chi connectivity index (χ2n) is 3.60. The number of nitro groups is 1. The number of hydrogen-bond donors (Lipinski definition) is 0. The second-order valence-corrected chi connectivity index (χ2v) is 3.60. The van der Waals surface area contributed by atoms with E-state index in [2.05, 4.69) is 10.3 Å². The number of nitro benzene ring substituents is 1. The number of hydrogen-bond acceptors (Lipinski definition) is 5. The maximum Gasteiger partial charge on any atom is 0.269 e. The lowest BCUT2D eigenvalue weighted by molar-refractivity contribution is -0.384. The van der Waals surface area contributed by atoms with Crippen LogP contribution in [-0.2, 0) is 4.74 Å². The average molecular weight is 236 g/mol. The van der Waals surface area contributed by atoms with Gasteiger partial charge in [-0.15, -0.1) is 5.11 Å². The van der Waals surface area contributed by atoms with Crippen molar-refractivity contribution in [2.45, 2.75) is 13.2 Å². The van der Waals surface area contributed by atoms with E-state index in [1.165, 1.54) is 12.1 Å². The van der Waals surface area contributed by atoms with E-state index in [0.29, 0.717) is 18.8 Å². The van der Waals surface area contributed by atoms with Gasteiger partial charge in [-0.3, -0.25) is 10.1 Å². The first-order valence-corrected chi connectivity index (χ1v) is 5.21. The molecule has 1 aliphatic heterocycles. The molecule has 0 aliphatic carbocycles. The Morgan fingerprint density at radius 3 is 2.71 bits per heavy atom. The minimum absolute atomic E-state index is 0.0434. The number of nitrogens with zero attached hydrogens (tertiary/aromatic N) is 4. The lowest BCUT2D eigenvalue weighted by Gasteiger charge is -2.12. The molecular weight excluding hydrogens is 224 g/mol. The van der Waals surface area contributed by atoms with Gasteiger partial charge in [-0.1, -0.05) is 5.22 Å². The quantitative estimate of drug-likeness (QED) is 0.458. The lowest BCUT2D eigenvalue weighted by Crippen LogP contribution is -2.20. The van der Waals surface area contributed by atoms with E-state index in [1.54, 1.807) is 17.1 Å². The predicted octanol–water partition coefficient (Wildman–Crippen LogP) is 2.27. The third-order valence-corrected chi connectivity index (χ3v) is 2.43. The van der Waals surface area contributed by atoms with Gasteiger partial charge < -0.3 is 4.74 Å². The van der Waals surface area contributed by atoms with E-state index in [0.717, 1.165) is 0 Å². The molecule has 7 nitrogen and oxygen atoms in total. The Labute approximate surface area is 97.8 Å². The van der Waals surface area contributed by atoms with Gasteiger partial charge in [-0.2, -0.15) is 0 Å². The van der Waals surface area contributed by atoms with Crippen molar-refractivity contribution in [1.29, 1.82) is 0 Å². The smallest absolute Gasteiger partial charge is 0.269 e. The molecule has 7 heteroatoms. The number of rotatable bonds is 3. The lowest BCUT2D eigenvalue weighted by atomic mass is 10.3. The van der Waals surface area contributed by atoms with Gasteiger partial charge in [-0.05, 0) is 19.1 Å². The summed E-state index contributed by atoms with van der Waals surface area (Å²) >= 11 is 0. The summed E-state index contributed by atoms with van der Waals surface area (Å²) < 4.78 is 5.29. The van der Waals surface area contributed by atoms with Crippen LogP contribution < -0.4 is 0 Å². The van der Waals surface area contributed by atoms with E-state index < -0.39 is 4.92 Å². The summed E-state index contributed by atoms with van der Waals surface area (Å²) in [7, 11) is 0. The summed E-state index contributed by atoms with van der Waals surface area (Å²) in [6.45, 7) is 3.24. The largest absolute Gasteiger partial charge is 0.355 e. The van der Waals surface area contributed by atoms with Crippen LogP contribution in [0.3, 0.4) is 0 Å². The molecule has 0 radical (unpaired) electrons. The van der Waals surface area contributed by atoms with Crippen LogP contribution in [0.2, 0.25) is 0 Å². The van der Waals surface area contributed by atoms with Gasteiger partial charge in [0, 0.05) is 12.1 Å². The summed E-state index contributed by atoms with van der Waals surface area (Å²) in [6, 6.07) is 5.92. The molecule has 1 fully saturated rings. The van der Waals surface area contributed by atoms with Gasteiger partial charge in [0.1, 0.15) is 6.23 Å². The van der Waals surface area contributed by atoms with Crippen molar-refractivity contribution >= 4 is 11.4 Å². The zero-order chi connectivity index (χ0) is 12.3. The first-order valence-electron chi connectivity index (χ1n) is 5.21. The first-order chi connectivity index (χ1) is 8.16. The van der Waals surface area contributed by atoms with Crippen LogP contribution in [0.4, 0.5) is 11.4 Å². The average Bonchev–Trinajstić information content (AvgIpc) is 2.73. The summed E-state index contributed by atoms with van der Waals surface area (Å²) in [6.07, 6.45) is -0.0724. The highest BCUT2D eigenvalue weighted by molar-refractivity contribution is 5.43. The van der Waals surface area contributed by atoms with E-state index in [-0.39, 0.29) is 11.9 Å². The van der Waals surface area contributed by atoms with E-state index in [9.17, 15) is 10.1 Å². The molecule has 1 atom stereocenters. The van der Waals surface area contributed by atoms with Crippen LogP contribution in [0.25, 0.3) is 0 Å². The maximum atomic E-state index is 10.4. The molecule has 2 rings (SSSR count). The first kappa shape index (κ1) is 11.5. The summed E-state index contributed by atoms with van der Waals surface area (Å²) in [4.78, 5) is 10.0. The monoisotopic (exact) mass is 236 g/mol. The van der Waals surface area contributed by atoms with Crippen LogP contribution in [0.15, 0.2) is 34.6 Å². The molecule has 0 amide bonds. The predicted molar refractivity (Wildman–Crippen MR) is 59.7 cm³/mol. The Balaban J connectivity index is 2.03. The molecule has 0 aromatic heterocycles. The van der Waals surface area contributed by atoms with Crippen molar-refractivity contribution in [2.75, 3.05) is 13.2 Å². The SMILES string of the molecule is CC1OCCN1N=Nc1ccc([N+](=O)[O-])cc1. The number of benzene rings is 1. The second kappa shape index (κ2) is 4.88. The molecule has 1 heterocycles. The highest BCUT2D eigenvalue weighted by Gasteiger charge is 2.18. The topological polar surface area (TPSA) is 80.3 Å². The minimum atomic E-state index is -0.447. The molecular formula is C10H12N4O3. The maximum absolute atomic E-state index is 10.4. The fraction of sp³-hybridized carbons (Fsp3) is 0.400. The molecule has 1 aromatic carbocycles. The van der Waals surface area contributed by atoms with Gasteiger partial charge in [0.15, 0.2) is 0 Å². The van der Waals surface area contributed by atoms with E-state index >= 15 is 0 Å². The van der Waals surface area contributed by atoms with Crippen LogP contribution in [0, 0.1) is 10.1 Å². The molecule has 0 saturated carbocycles. The van der Waals surface area contributed by atoms with Crippen LogP contribution in [0.1, 0.15) is 6.92 Å². The molecule has 1 saturated heterocycles.